The van der Waals surface area contributed by atoms with E-state index >= 15 is 0 Å². The van der Waals surface area contributed by atoms with E-state index in [9.17, 15) is 34.0 Å². The summed E-state index contributed by atoms with van der Waals surface area (Å²) in [6.07, 6.45) is -13.4. The van der Waals surface area contributed by atoms with Crippen LogP contribution in [0.3, 0.4) is 0 Å². The third-order valence-electron chi connectivity index (χ3n) is 12.0. The number of rotatable bonds is 26. The summed E-state index contributed by atoms with van der Waals surface area (Å²) >= 11 is 0. The van der Waals surface area contributed by atoms with E-state index in [2.05, 4.69) is 6.07 Å². The lowest BCUT2D eigenvalue weighted by molar-refractivity contribution is -0.384. The van der Waals surface area contributed by atoms with Crippen molar-refractivity contribution in [3.05, 3.63) is 95.6 Å². The van der Waals surface area contributed by atoms with Crippen molar-refractivity contribution in [3.63, 3.8) is 0 Å². The van der Waals surface area contributed by atoms with Gasteiger partial charge >= 0.3 is 35.8 Å². The Morgan fingerprint density at radius 2 is 1.14 bits per heavy atom. The lowest BCUT2D eigenvalue weighted by atomic mass is 9.80. The maximum atomic E-state index is 13.5. The summed E-state index contributed by atoms with van der Waals surface area (Å²) in [5.41, 5.74) is 0.336. The molecule has 0 saturated carbocycles. The number of nitriles is 1. The van der Waals surface area contributed by atoms with E-state index in [0.29, 0.717) is 28.2 Å². The van der Waals surface area contributed by atoms with Gasteiger partial charge in [0.1, 0.15) is 48.6 Å². The number of ether oxygens (including phenoxy) is 12. The van der Waals surface area contributed by atoms with E-state index in [-0.39, 0.29) is 25.1 Å². The van der Waals surface area contributed by atoms with Gasteiger partial charge in [-0.25, -0.2) is 4.67 Å². The summed E-state index contributed by atoms with van der Waals surface area (Å²) < 4.78 is 88.5. The average Bonchev–Trinajstić information content (AvgIpc) is 3.70. The van der Waals surface area contributed by atoms with Crippen molar-refractivity contribution in [1.29, 1.82) is 5.26 Å². The molecule has 0 aromatic heterocycles. The van der Waals surface area contributed by atoms with Gasteiger partial charge in [-0.3, -0.25) is 28.8 Å². The summed E-state index contributed by atoms with van der Waals surface area (Å²) in [5.74, 6) is -6.72. The van der Waals surface area contributed by atoms with Crippen LogP contribution in [0, 0.1) is 11.3 Å². The van der Waals surface area contributed by atoms with Crippen molar-refractivity contribution in [3.8, 4) is 17.6 Å². The van der Waals surface area contributed by atoms with Crippen molar-refractivity contribution >= 4 is 44.3 Å². The molecule has 10 atom stereocenters. The molecule has 1 unspecified atom stereocenters. The zero-order valence-electron chi connectivity index (χ0n) is 45.3. The predicted octanol–water partition coefficient (Wildman–Crippen LogP) is 6.36. The van der Waals surface area contributed by atoms with Gasteiger partial charge in [-0.1, -0.05) is 54.6 Å². The van der Waals surface area contributed by atoms with E-state index in [4.69, 9.17) is 65.9 Å². The highest BCUT2D eigenvalue weighted by Gasteiger charge is 2.65. The lowest BCUT2D eigenvalue weighted by Crippen LogP contribution is -2.65. The van der Waals surface area contributed by atoms with E-state index in [1.165, 1.54) is 14.2 Å². The second kappa shape index (κ2) is 28.4. The van der Waals surface area contributed by atoms with Crippen LogP contribution in [0.5, 0.6) is 11.5 Å². The minimum Gasteiger partial charge on any atom is -0.497 e. The molecular weight excluding hydrogens is 1030 g/mol. The number of esters is 6. The summed E-state index contributed by atoms with van der Waals surface area (Å²) in [4.78, 5) is 77.7. The number of nitrogens with zero attached hydrogens (tertiary/aromatic N) is 2. The van der Waals surface area contributed by atoms with Gasteiger partial charge in [-0.05, 0) is 68.7 Å². The molecule has 420 valence electrons. The molecule has 3 aromatic rings. The topological polar surface area (TPSA) is 259 Å². The van der Waals surface area contributed by atoms with Crippen LogP contribution in [-0.2, 0) is 90.8 Å². The Morgan fingerprint density at radius 1 is 0.636 bits per heavy atom. The zero-order valence-corrected chi connectivity index (χ0v) is 46.2. The van der Waals surface area contributed by atoms with Crippen molar-refractivity contribution in [2.24, 2.45) is 0 Å². The normalized spacial score (nSPS) is 23.6. The van der Waals surface area contributed by atoms with Crippen LogP contribution in [0.2, 0.25) is 0 Å². The van der Waals surface area contributed by atoms with Crippen molar-refractivity contribution in [1.82, 2.24) is 4.67 Å². The van der Waals surface area contributed by atoms with Crippen LogP contribution in [0.1, 0.15) is 92.3 Å². The largest absolute Gasteiger partial charge is 0.497 e. The molecule has 2 fully saturated rings. The number of carbonyl (C=O) groups excluding carboxylic acids is 6. The molecule has 2 saturated heterocycles. The minimum atomic E-state index is -2.55. The molecule has 77 heavy (non-hydrogen) atoms. The van der Waals surface area contributed by atoms with E-state index in [1.54, 1.807) is 24.3 Å². The van der Waals surface area contributed by atoms with Crippen LogP contribution in [0.4, 0.5) is 0 Å². The standard InChI is InChI=1S/C54H69N2O20P/c1-32(2)56(33(3)4)77(68-28-16-27-55)76-47-45(30-67-54(40-17-14-13-15-18-40,41-19-23-43(63-11)24-20-41)42-21-25-44(64-12)26-22-42)73-52(50(71-38(9)61)49(47)70-37(8)60)75-53(31-66-35(6)58)51(72-39(10)62)48(69-36(7)59)46(74-53)29-65-34(5)57/h13-15,17-26,32-33,45-52H,16,28-31H2,1-12H3/t45-,46-,47-,48-,49+,50-,51+,52-,53+,77?/m1/s1. The summed E-state index contributed by atoms with van der Waals surface area (Å²) in [6.45, 7) is 12.1. The van der Waals surface area contributed by atoms with E-state index in [1.807, 2.05) is 87.0 Å². The molecule has 2 aliphatic heterocycles. The molecule has 2 aliphatic rings. The Labute approximate surface area is 449 Å². The molecule has 3 aromatic carbocycles. The summed E-state index contributed by atoms with van der Waals surface area (Å²) in [6, 6.07) is 25.3. The first-order valence-corrected chi connectivity index (χ1v) is 25.9. The van der Waals surface area contributed by atoms with Crippen molar-refractivity contribution < 1.29 is 94.7 Å². The molecular formula is C54H69N2O20P. The zero-order chi connectivity index (χ0) is 56.6. The first kappa shape index (κ1) is 61.6. The Hall–Kier alpha value is -6.28. The maximum Gasteiger partial charge on any atom is 0.303 e. The second-order valence-corrected chi connectivity index (χ2v) is 19.8. The van der Waals surface area contributed by atoms with Gasteiger partial charge in [-0.15, -0.1) is 0 Å². The Kier molecular flexibility index (Phi) is 22.7. The van der Waals surface area contributed by atoms with Crippen LogP contribution in [0.15, 0.2) is 78.9 Å². The molecule has 22 nitrogen and oxygen atoms in total. The van der Waals surface area contributed by atoms with Crippen LogP contribution >= 0.6 is 8.53 Å². The minimum absolute atomic E-state index is 0.0245. The first-order valence-electron chi connectivity index (χ1n) is 24.8. The smallest absolute Gasteiger partial charge is 0.303 e. The molecule has 0 N–H and O–H groups in total. The number of hydrogen-bond acceptors (Lipinski definition) is 22. The molecule has 0 aliphatic carbocycles. The number of carbonyl (C=O) groups is 6. The lowest BCUT2D eigenvalue weighted by Gasteiger charge is -2.49. The fraction of sp³-hybridized carbons (Fsp3) is 0.537. The van der Waals surface area contributed by atoms with Crippen molar-refractivity contribution in [2.45, 2.75) is 148 Å². The monoisotopic (exact) mass is 1100 g/mol. The molecule has 2 heterocycles. The van der Waals surface area contributed by atoms with Gasteiger partial charge in [0.05, 0.1) is 39.9 Å². The summed E-state index contributed by atoms with van der Waals surface area (Å²) in [5, 5.41) is 9.62. The molecule has 5 rings (SSSR count). The van der Waals surface area contributed by atoms with Crippen molar-refractivity contribution in [2.75, 3.05) is 40.6 Å². The van der Waals surface area contributed by atoms with Crippen LogP contribution in [-0.4, -0.2) is 148 Å². The highest BCUT2D eigenvalue weighted by atomic mass is 31.2. The fourth-order valence-electron chi connectivity index (χ4n) is 9.03. The predicted molar refractivity (Wildman–Crippen MR) is 271 cm³/mol. The Balaban J connectivity index is 1.83. The van der Waals surface area contributed by atoms with E-state index < -0.39 is 125 Å². The quantitative estimate of drug-likeness (QED) is 0.0278. The number of benzene rings is 3. The first-order chi connectivity index (χ1) is 36.6. The molecule has 0 radical (unpaired) electrons. The Morgan fingerprint density at radius 3 is 1.62 bits per heavy atom. The van der Waals surface area contributed by atoms with Gasteiger partial charge in [0, 0.05) is 53.6 Å². The highest BCUT2D eigenvalue weighted by molar-refractivity contribution is 7.44. The Bertz CT molecular complexity index is 2430. The fourth-order valence-corrected chi connectivity index (χ4v) is 10.8. The van der Waals surface area contributed by atoms with Gasteiger partial charge in [0.25, 0.3) is 8.53 Å². The summed E-state index contributed by atoms with van der Waals surface area (Å²) in [7, 11) is 0.861. The highest BCUT2D eigenvalue weighted by Crippen LogP contribution is 2.51. The maximum absolute atomic E-state index is 13.5. The van der Waals surface area contributed by atoms with Gasteiger partial charge < -0.3 is 65.9 Å². The third-order valence-corrected chi connectivity index (χ3v) is 14.1. The number of hydrogen-bond donors (Lipinski definition) is 0. The van der Waals surface area contributed by atoms with Gasteiger partial charge in [0.15, 0.2) is 24.4 Å². The average molecular weight is 1100 g/mol. The molecule has 0 bridgehead atoms. The SMILES string of the molecule is COc1ccc(C(OC[C@H]2O[C@H](O[C@]3(COC(C)=O)O[C@H](COC(C)=O)[C@@H](OC(C)=O)[C@@H]3OC(C)=O)[C@H](OC(C)=O)[C@@H](OC(C)=O)[C@@H]2OP(OCCC#N)N(C(C)C)C(C)C)(c2ccccc2)c2ccc(OC)cc2)cc1. The number of methoxy groups -OCH3 is 2. The van der Waals surface area contributed by atoms with E-state index in [0.717, 1.165) is 41.5 Å². The molecule has 0 amide bonds. The van der Waals surface area contributed by atoms with Crippen LogP contribution < -0.4 is 9.47 Å². The molecule has 0 spiro atoms. The second-order valence-electron chi connectivity index (χ2n) is 18.4. The van der Waals surface area contributed by atoms with Gasteiger partial charge in [-0.2, -0.15) is 5.26 Å². The van der Waals surface area contributed by atoms with Gasteiger partial charge in [0.2, 0.25) is 12.1 Å². The molecule has 23 heteroatoms. The van der Waals surface area contributed by atoms with Crippen LogP contribution in [0.25, 0.3) is 0 Å². The third kappa shape index (κ3) is 15.9.